The highest BCUT2D eigenvalue weighted by Crippen LogP contribution is 2.32. The summed E-state index contributed by atoms with van der Waals surface area (Å²) in [6, 6.07) is 11.3. The molecule has 27 heavy (non-hydrogen) atoms. The molecule has 0 saturated heterocycles. The minimum atomic E-state index is -3.70. The van der Waals surface area contributed by atoms with Crippen LogP contribution in [0, 0.1) is 0 Å². The Morgan fingerprint density at radius 2 is 1.74 bits per heavy atom. The van der Waals surface area contributed by atoms with E-state index in [0.717, 1.165) is 11.1 Å². The topological polar surface area (TPSA) is 120 Å². The van der Waals surface area contributed by atoms with Crippen molar-refractivity contribution in [2.24, 2.45) is 5.14 Å². The number of primary sulfonamides is 1. The first-order chi connectivity index (χ1) is 12.8. The van der Waals surface area contributed by atoms with E-state index < -0.39 is 16.1 Å². The lowest BCUT2D eigenvalue weighted by molar-refractivity contribution is -0.122. The van der Waals surface area contributed by atoms with Crippen molar-refractivity contribution in [2.45, 2.75) is 31.0 Å². The van der Waals surface area contributed by atoms with Crippen LogP contribution < -0.4 is 25.2 Å². The summed E-state index contributed by atoms with van der Waals surface area (Å²) in [6.07, 6.45) is 0. The van der Waals surface area contributed by atoms with Crippen molar-refractivity contribution in [1.29, 1.82) is 0 Å². The van der Waals surface area contributed by atoms with Crippen LogP contribution in [-0.2, 0) is 27.9 Å². The largest absolute Gasteiger partial charge is 0.454 e. The van der Waals surface area contributed by atoms with Gasteiger partial charge in [-0.3, -0.25) is 4.79 Å². The summed E-state index contributed by atoms with van der Waals surface area (Å²) in [6.45, 7) is 2.77. The van der Waals surface area contributed by atoms with E-state index in [0.29, 0.717) is 24.6 Å². The van der Waals surface area contributed by atoms with E-state index in [2.05, 4.69) is 10.6 Å². The molecular weight excluding hydrogens is 370 g/mol. The van der Waals surface area contributed by atoms with Gasteiger partial charge in [0, 0.05) is 13.1 Å². The minimum absolute atomic E-state index is 0.0563. The second-order valence-electron chi connectivity index (χ2n) is 6.20. The average Bonchev–Trinajstić information content (AvgIpc) is 3.11. The lowest BCUT2D eigenvalue weighted by atomic mass is 10.2. The van der Waals surface area contributed by atoms with Gasteiger partial charge in [-0.1, -0.05) is 18.2 Å². The van der Waals surface area contributed by atoms with E-state index in [9.17, 15) is 13.2 Å². The number of carbonyl (C=O) groups is 1. The Kier molecular flexibility index (Phi) is 5.64. The monoisotopic (exact) mass is 391 g/mol. The molecule has 0 unspecified atom stereocenters. The maximum absolute atomic E-state index is 12.2. The van der Waals surface area contributed by atoms with Crippen molar-refractivity contribution < 1.29 is 22.7 Å². The summed E-state index contributed by atoms with van der Waals surface area (Å²) < 4.78 is 33.1. The fourth-order valence-corrected chi connectivity index (χ4v) is 3.07. The zero-order valence-electron chi connectivity index (χ0n) is 14.8. The predicted octanol–water partition coefficient (Wildman–Crippen LogP) is 0.857. The number of hydrogen-bond donors (Lipinski definition) is 3. The van der Waals surface area contributed by atoms with E-state index in [1.165, 1.54) is 12.1 Å². The van der Waals surface area contributed by atoms with Crippen molar-refractivity contribution in [3.63, 3.8) is 0 Å². The van der Waals surface area contributed by atoms with Crippen LogP contribution in [0.5, 0.6) is 11.5 Å². The van der Waals surface area contributed by atoms with Gasteiger partial charge in [-0.25, -0.2) is 13.6 Å². The molecule has 0 aromatic heterocycles. The molecule has 1 atom stereocenters. The van der Waals surface area contributed by atoms with E-state index in [1.807, 2.05) is 18.2 Å². The molecule has 9 heteroatoms. The Morgan fingerprint density at radius 3 is 2.44 bits per heavy atom. The van der Waals surface area contributed by atoms with Crippen LogP contribution in [0.1, 0.15) is 18.1 Å². The van der Waals surface area contributed by atoms with E-state index >= 15 is 0 Å². The maximum atomic E-state index is 12.2. The first kappa shape index (κ1) is 19.2. The number of carbonyl (C=O) groups excluding carboxylic acids is 1. The van der Waals surface area contributed by atoms with Crippen molar-refractivity contribution in [3.05, 3.63) is 53.6 Å². The molecule has 0 saturated carbocycles. The van der Waals surface area contributed by atoms with E-state index in [1.54, 1.807) is 19.1 Å². The fraction of sp³-hybridized carbons (Fsp3) is 0.278. The lowest BCUT2D eigenvalue weighted by Crippen LogP contribution is -2.41. The van der Waals surface area contributed by atoms with Gasteiger partial charge >= 0.3 is 0 Å². The summed E-state index contributed by atoms with van der Waals surface area (Å²) >= 11 is 0. The van der Waals surface area contributed by atoms with Crippen molar-refractivity contribution >= 4 is 15.9 Å². The third-order valence-electron chi connectivity index (χ3n) is 4.16. The molecule has 0 spiro atoms. The van der Waals surface area contributed by atoms with Crippen molar-refractivity contribution in [3.8, 4) is 11.5 Å². The number of nitrogens with two attached hydrogens (primary N) is 1. The van der Waals surface area contributed by atoms with Crippen LogP contribution in [-0.4, -0.2) is 27.2 Å². The predicted molar refractivity (Wildman–Crippen MR) is 98.5 cm³/mol. The number of sulfonamides is 1. The average molecular weight is 391 g/mol. The molecule has 1 aliphatic rings. The highest BCUT2D eigenvalue weighted by atomic mass is 32.2. The Balaban J connectivity index is 1.47. The molecule has 2 aromatic carbocycles. The number of hydrogen-bond acceptors (Lipinski definition) is 6. The third kappa shape index (κ3) is 4.97. The highest BCUT2D eigenvalue weighted by molar-refractivity contribution is 7.89. The Labute approximate surface area is 157 Å². The summed E-state index contributed by atoms with van der Waals surface area (Å²) in [4.78, 5) is 12.3. The zero-order valence-corrected chi connectivity index (χ0v) is 15.6. The minimum Gasteiger partial charge on any atom is -0.454 e. The SMILES string of the molecule is C[C@H](NCc1ccc(S(N)(=O)=O)cc1)C(=O)NCc1ccc2c(c1)OCO2. The molecule has 1 aliphatic heterocycles. The van der Waals surface area contributed by atoms with Gasteiger partial charge in [-0.05, 0) is 42.3 Å². The summed E-state index contributed by atoms with van der Waals surface area (Å²) in [5.41, 5.74) is 1.76. The Hall–Kier alpha value is -2.62. The first-order valence-corrected chi connectivity index (χ1v) is 9.89. The van der Waals surface area contributed by atoms with Gasteiger partial charge in [0.05, 0.1) is 10.9 Å². The van der Waals surface area contributed by atoms with Crippen LogP contribution in [0.2, 0.25) is 0 Å². The van der Waals surface area contributed by atoms with Gasteiger partial charge in [-0.2, -0.15) is 0 Å². The molecule has 8 nitrogen and oxygen atoms in total. The molecule has 0 radical (unpaired) electrons. The molecule has 1 heterocycles. The van der Waals surface area contributed by atoms with E-state index in [-0.39, 0.29) is 17.6 Å². The van der Waals surface area contributed by atoms with Gasteiger partial charge in [-0.15, -0.1) is 0 Å². The first-order valence-electron chi connectivity index (χ1n) is 8.34. The highest BCUT2D eigenvalue weighted by Gasteiger charge is 2.15. The van der Waals surface area contributed by atoms with Gasteiger partial charge < -0.3 is 20.1 Å². The Morgan fingerprint density at radius 1 is 1.07 bits per heavy atom. The normalized spacial score (nSPS) is 14.0. The number of rotatable bonds is 7. The lowest BCUT2D eigenvalue weighted by Gasteiger charge is -2.14. The molecule has 4 N–H and O–H groups in total. The number of fused-ring (bicyclic) bond motifs is 1. The van der Waals surface area contributed by atoms with Crippen molar-refractivity contribution in [2.75, 3.05) is 6.79 Å². The Bertz CT molecular complexity index is 929. The van der Waals surface area contributed by atoms with Crippen molar-refractivity contribution in [1.82, 2.24) is 10.6 Å². The van der Waals surface area contributed by atoms with Gasteiger partial charge in [0.2, 0.25) is 22.7 Å². The van der Waals surface area contributed by atoms with Crippen LogP contribution >= 0.6 is 0 Å². The van der Waals surface area contributed by atoms with E-state index in [4.69, 9.17) is 14.6 Å². The van der Waals surface area contributed by atoms with Crippen LogP contribution in [0.25, 0.3) is 0 Å². The third-order valence-corrected chi connectivity index (χ3v) is 5.09. The summed E-state index contributed by atoms with van der Waals surface area (Å²) in [5, 5.41) is 11.0. The number of nitrogens with one attached hydrogen (secondary N) is 2. The smallest absolute Gasteiger partial charge is 0.238 e. The molecule has 0 fully saturated rings. The fourth-order valence-electron chi connectivity index (χ4n) is 2.55. The second-order valence-corrected chi connectivity index (χ2v) is 7.76. The summed E-state index contributed by atoms with van der Waals surface area (Å²) in [5.74, 6) is 1.23. The van der Waals surface area contributed by atoms with Crippen LogP contribution in [0.15, 0.2) is 47.4 Å². The molecule has 1 amide bonds. The quantitative estimate of drug-likeness (QED) is 0.644. The van der Waals surface area contributed by atoms with Crippen LogP contribution in [0.4, 0.5) is 0 Å². The molecular formula is C18H21N3O5S. The number of ether oxygens (including phenoxy) is 2. The number of amides is 1. The standard InChI is InChI=1S/C18H21N3O5S/c1-12(20-9-13-2-5-15(6-3-13)27(19,23)24)18(22)21-10-14-4-7-16-17(8-14)26-11-25-16/h2-8,12,20H,9-11H2,1H3,(H,21,22)(H2,19,23,24)/t12-/m0/s1. The van der Waals surface area contributed by atoms with Gasteiger partial charge in [0.1, 0.15) is 0 Å². The summed E-state index contributed by atoms with van der Waals surface area (Å²) in [7, 11) is -3.70. The van der Waals surface area contributed by atoms with Crippen LogP contribution in [0.3, 0.4) is 0 Å². The molecule has 144 valence electrons. The van der Waals surface area contributed by atoms with Gasteiger partial charge in [0.15, 0.2) is 11.5 Å². The second kappa shape index (κ2) is 7.95. The molecule has 3 rings (SSSR count). The molecule has 2 aromatic rings. The zero-order chi connectivity index (χ0) is 19.4. The number of benzene rings is 2. The van der Waals surface area contributed by atoms with Gasteiger partial charge in [0.25, 0.3) is 0 Å². The maximum Gasteiger partial charge on any atom is 0.238 e. The molecule has 0 bridgehead atoms. The molecule has 0 aliphatic carbocycles.